The standard InChI is InChI=1S/C19H17N5O2S/c25-18(26)19(24-12-22-13-3-1-2-4-15(13)24)6-8-23(9-7-19)17-16-14(5-10-27-16)20-11-21-17/h1-5,10-12H,6-9H2,(H,25,26). The Labute approximate surface area is 158 Å². The molecule has 5 rings (SSSR count). The topological polar surface area (TPSA) is 84.1 Å². The molecular formula is C19H17N5O2S. The molecule has 1 N–H and O–H groups in total. The third-order valence-electron chi connectivity index (χ3n) is 5.43. The van der Waals surface area contributed by atoms with Crippen LogP contribution in [0.1, 0.15) is 12.8 Å². The van der Waals surface area contributed by atoms with Gasteiger partial charge in [-0.2, -0.15) is 0 Å². The van der Waals surface area contributed by atoms with Crippen LogP contribution >= 0.6 is 11.3 Å². The fourth-order valence-electron chi connectivity index (χ4n) is 3.95. The van der Waals surface area contributed by atoms with Crippen LogP contribution in [0.25, 0.3) is 21.3 Å². The molecule has 0 spiro atoms. The van der Waals surface area contributed by atoms with Crippen molar-refractivity contribution in [3.63, 3.8) is 0 Å². The van der Waals surface area contributed by atoms with Crippen molar-refractivity contribution in [3.8, 4) is 0 Å². The summed E-state index contributed by atoms with van der Waals surface area (Å²) in [6, 6.07) is 9.65. The van der Waals surface area contributed by atoms with Gasteiger partial charge in [0.2, 0.25) is 0 Å². The first kappa shape index (κ1) is 16.2. The zero-order chi connectivity index (χ0) is 18.4. The van der Waals surface area contributed by atoms with Gasteiger partial charge in [0.25, 0.3) is 0 Å². The molecule has 0 saturated carbocycles. The number of thiophene rings is 1. The largest absolute Gasteiger partial charge is 0.479 e. The minimum absolute atomic E-state index is 0.486. The number of fused-ring (bicyclic) bond motifs is 2. The zero-order valence-corrected chi connectivity index (χ0v) is 15.3. The van der Waals surface area contributed by atoms with E-state index in [9.17, 15) is 9.90 Å². The first-order valence-electron chi connectivity index (χ1n) is 8.78. The van der Waals surface area contributed by atoms with E-state index in [1.54, 1.807) is 24.0 Å². The number of rotatable bonds is 3. The van der Waals surface area contributed by atoms with Gasteiger partial charge < -0.3 is 14.6 Å². The molecule has 4 heterocycles. The van der Waals surface area contributed by atoms with Crippen molar-refractivity contribution in [1.29, 1.82) is 0 Å². The predicted octanol–water partition coefficient (Wildman–Crippen LogP) is 3.12. The molecule has 1 fully saturated rings. The molecule has 0 amide bonds. The van der Waals surface area contributed by atoms with Gasteiger partial charge in [0.15, 0.2) is 0 Å². The van der Waals surface area contributed by atoms with Crippen molar-refractivity contribution in [1.82, 2.24) is 19.5 Å². The molecule has 136 valence electrons. The number of carboxylic acids is 1. The predicted molar refractivity (Wildman–Crippen MR) is 104 cm³/mol. The maximum absolute atomic E-state index is 12.3. The van der Waals surface area contributed by atoms with E-state index in [1.807, 2.05) is 40.3 Å². The summed E-state index contributed by atoms with van der Waals surface area (Å²) in [5.74, 6) is 0.0822. The number of benzene rings is 1. The van der Waals surface area contributed by atoms with Gasteiger partial charge in [-0.15, -0.1) is 11.3 Å². The maximum Gasteiger partial charge on any atom is 0.330 e. The van der Waals surface area contributed by atoms with E-state index < -0.39 is 11.5 Å². The number of imidazole rings is 1. The molecule has 1 aliphatic heterocycles. The Morgan fingerprint density at radius 2 is 1.89 bits per heavy atom. The van der Waals surface area contributed by atoms with E-state index >= 15 is 0 Å². The molecule has 0 unspecified atom stereocenters. The molecule has 0 bridgehead atoms. The van der Waals surface area contributed by atoms with E-state index in [-0.39, 0.29) is 0 Å². The van der Waals surface area contributed by atoms with E-state index in [0.717, 1.165) is 27.1 Å². The molecular weight excluding hydrogens is 362 g/mol. The SMILES string of the molecule is O=C(O)C1(n2cnc3ccccc32)CCN(c2ncnc3ccsc23)CC1. The second kappa shape index (κ2) is 6.02. The third kappa shape index (κ3) is 2.40. The van der Waals surface area contributed by atoms with Crippen molar-refractivity contribution in [2.45, 2.75) is 18.4 Å². The second-order valence-electron chi connectivity index (χ2n) is 6.76. The number of aliphatic carboxylic acids is 1. The molecule has 0 atom stereocenters. The van der Waals surface area contributed by atoms with Gasteiger partial charge in [0.05, 0.1) is 27.6 Å². The van der Waals surface area contributed by atoms with Gasteiger partial charge in [-0.3, -0.25) is 0 Å². The van der Waals surface area contributed by atoms with Gasteiger partial charge in [0, 0.05) is 13.1 Å². The fraction of sp³-hybridized carbons (Fsp3) is 0.263. The number of carbonyl (C=O) groups is 1. The summed E-state index contributed by atoms with van der Waals surface area (Å²) >= 11 is 1.62. The maximum atomic E-state index is 12.3. The summed E-state index contributed by atoms with van der Waals surface area (Å²) in [4.78, 5) is 27.7. The number of anilines is 1. The fourth-order valence-corrected chi connectivity index (χ4v) is 4.81. The van der Waals surface area contributed by atoms with Crippen LogP contribution in [0, 0.1) is 0 Å². The molecule has 1 saturated heterocycles. The summed E-state index contributed by atoms with van der Waals surface area (Å²) in [6.07, 6.45) is 4.21. The summed E-state index contributed by atoms with van der Waals surface area (Å²) in [6.45, 7) is 1.23. The van der Waals surface area contributed by atoms with E-state index in [2.05, 4.69) is 19.9 Å². The van der Waals surface area contributed by atoms with Crippen molar-refractivity contribution in [2.24, 2.45) is 0 Å². The van der Waals surface area contributed by atoms with Crippen molar-refractivity contribution in [2.75, 3.05) is 18.0 Å². The Kier molecular flexibility index (Phi) is 3.61. The molecule has 1 aromatic carbocycles. The minimum atomic E-state index is -0.992. The first-order valence-corrected chi connectivity index (χ1v) is 9.66. The van der Waals surface area contributed by atoms with Crippen molar-refractivity contribution in [3.05, 3.63) is 48.4 Å². The van der Waals surface area contributed by atoms with Crippen LogP contribution in [0.2, 0.25) is 0 Å². The van der Waals surface area contributed by atoms with Crippen LogP contribution in [0.3, 0.4) is 0 Å². The Hall–Kier alpha value is -3.00. The molecule has 7 nitrogen and oxygen atoms in total. The normalized spacial score (nSPS) is 16.8. The summed E-state index contributed by atoms with van der Waals surface area (Å²) in [5.41, 5.74) is 1.61. The average molecular weight is 379 g/mol. The van der Waals surface area contributed by atoms with Gasteiger partial charge in [-0.05, 0) is 36.4 Å². The summed E-state index contributed by atoms with van der Waals surface area (Å²) in [7, 11) is 0. The van der Waals surface area contributed by atoms with Gasteiger partial charge >= 0.3 is 5.97 Å². The van der Waals surface area contributed by atoms with Crippen LogP contribution in [0.15, 0.2) is 48.4 Å². The van der Waals surface area contributed by atoms with Crippen molar-refractivity contribution < 1.29 is 9.90 Å². The summed E-state index contributed by atoms with van der Waals surface area (Å²) in [5, 5.41) is 12.1. The summed E-state index contributed by atoms with van der Waals surface area (Å²) < 4.78 is 2.89. The van der Waals surface area contributed by atoms with Gasteiger partial charge in [-0.1, -0.05) is 12.1 Å². The second-order valence-corrected chi connectivity index (χ2v) is 7.68. The van der Waals surface area contributed by atoms with Crippen LogP contribution < -0.4 is 4.90 Å². The smallest absolute Gasteiger partial charge is 0.330 e. The number of hydrogen-bond donors (Lipinski definition) is 1. The number of aromatic nitrogens is 4. The van der Waals surface area contributed by atoms with Crippen LogP contribution in [0.4, 0.5) is 5.82 Å². The van der Waals surface area contributed by atoms with E-state index in [0.29, 0.717) is 25.9 Å². The Balaban J connectivity index is 1.51. The molecule has 4 aromatic rings. The quantitative estimate of drug-likeness (QED) is 0.589. The average Bonchev–Trinajstić information content (AvgIpc) is 3.35. The third-order valence-corrected chi connectivity index (χ3v) is 6.33. The van der Waals surface area contributed by atoms with Crippen LogP contribution in [0.5, 0.6) is 0 Å². The molecule has 0 radical (unpaired) electrons. The molecule has 1 aliphatic rings. The monoisotopic (exact) mass is 379 g/mol. The van der Waals surface area contributed by atoms with E-state index in [4.69, 9.17) is 0 Å². The number of nitrogens with zero attached hydrogens (tertiary/aromatic N) is 5. The molecule has 0 aliphatic carbocycles. The highest BCUT2D eigenvalue weighted by molar-refractivity contribution is 7.17. The zero-order valence-electron chi connectivity index (χ0n) is 14.4. The number of piperidine rings is 1. The lowest BCUT2D eigenvalue weighted by Crippen LogP contribution is -2.51. The lowest BCUT2D eigenvalue weighted by atomic mass is 9.87. The lowest BCUT2D eigenvalue weighted by molar-refractivity contribution is -0.148. The Morgan fingerprint density at radius 3 is 2.70 bits per heavy atom. The first-order chi connectivity index (χ1) is 13.2. The highest BCUT2D eigenvalue weighted by Crippen LogP contribution is 2.37. The number of carboxylic acid groups (broad SMARTS) is 1. The Bertz CT molecular complexity index is 1140. The minimum Gasteiger partial charge on any atom is -0.479 e. The Morgan fingerprint density at radius 1 is 1.07 bits per heavy atom. The number of para-hydroxylation sites is 2. The molecule has 27 heavy (non-hydrogen) atoms. The lowest BCUT2D eigenvalue weighted by Gasteiger charge is -2.40. The number of hydrogen-bond acceptors (Lipinski definition) is 6. The van der Waals surface area contributed by atoms with E-state index in [1.165, 1.54) is 0 Å². The molecule has 3 aromatic heterocycles. The van der Waals surface area contributed by atoms with Crippen molar-refractivity contribution >= 4 is 44.4 Å². The highest BCUT2D eigenvalue weighted by Gasteiger charge is 2.44. The van der Waals surface area contributed by atoms with Gasteiger partial charge in [-0.25, -0.2) is 19.7 Å². The van der Waals surface area contributed by atoms with Crippen LogP contribution in [-0.4, -0.2) is 43.7 Å². The highest BCUT2D eigenvalue weighted by atomic mass is 32.1. The van der Waals surface area contributed by atoms with Crippen LogP contribution in [-0.2, 0) is 10.3 Å². The van der Waals surface area contributed by atoms with Gasteiger partial charge in [0.1, 0.15) is 17.7 Å². The molecule has 8 heteroatoms.